The third-order valence-electron chi connectivity index (χ3n) is 4.28. The van der Waals surface area contributed by atoms with Crippen molar-refractivity contribution in [1.82, 2.24) is 20.5 Å². The number of fused-ring (bicyclic) bond motifs is 4. The first-order valence-electron chi connectivity index (χ1n) is 7.94. The van der Waals surface area contributed by atoms with Gasteiger partial charge < -0.3 is 9.64 Å². The molecular weight excluding hydrogens is 314 g/mol. The summed E-state index contributed by atoms with van der Waals surface area (Å²) in [5, 5.41) is 9.05. The van der Waals surface area contributed by atoms with Crippen molar-refractivity contribution in [3.63, 3.8) is 0 Å². The van der Waals surface area contributed by atoms with E-state index in [0.717, 1.165) is 36.9 Å². The molecule has 23 heavy (non-hydrogen) atoms. The highest BCUT2D eigenvalue weighted by Crippen LogP contribution is 2.41. The molecule has 124 valence electrons. The van der Waals surface area contributed by atoms with Crippen molar-refractivity contribution >= 4 is 29.1 Å². The fraction of sp³-hybridized carbons (Fsp3) is 0.600. The van der Waals surface area contributed by atoms with Crippen LogP contribution in [0, 0.1) is 0 Å². The molecule has 2 unspecified atom stereocenters. The van der Waals surface area contributed by atoms with E-state index in [2.05, 4.69) is 25.9 Å². The van der Waals surface area contributed by atoms with E-state index < -0.39 is 0 Å². The Morgan fingerprint density at radius 1 is 1.48 bits per heavy atom. The van der Waals surface area contributed by atoms with Gasteiger partial charge in [-0.1, -0.05) is 0 Å². The molecule has 2 atom stereocenters. The fourth-order valence-electron chi connectivity index (χ4n) is 3.37. The maximum atomic E-state index is 11.0. The molecule has 0 saturated carbocycles. The Balaban J connectivity index is 1.88. The Kier molecular flexibility index (Phi) is 4.61. The van der Waals surface area contributed by atoms with E-state index >= 15 is 0 Å². The number of hydrogen-bond donors (Lipinski definition) is 2. The molecule has 0 aromatic carbocycles. The third kappa shape index (κ3) is 3.21. The number of anilines is 1. The van der Waals surface area contributed by atoms with Gasteiger partial charge >= 0.3 is 0 Å². The van der Waals surface area contributed by atoms with Crippen LogP contribution >= 0.6 is 12.2 Å². The zero-order valence-electron chi connectivity index (χ0n) is 13.3. The van der Waals surface area contributed by atoms with Gasteiger partial charge in [0, 0.05) is 24.9 Å². The van der Waals surface area contributed by atoms with Crippen LogP contribution < -0.4 is 10.9 Å². The summed E-state index contributed by atoms with van der Waals surface area (Å²) < 4.78 is 5.59. The molecule has 1 aromatic heterocycles. The first-order valence-corrected chi connectivity index (χ1v) is 8.35. The van der Waals surface area contributed by atoms with Crippen molar-refractivity contribution in [2.75, 3.05) is 12.0 Å². The number of nitrogens with one attached hydrogen (secondary N) is 2. The van der Waals surface area contributed by atoms with E-state index in [0.29, 0.717) is 23.6 Å². The number of carbonyl (C=O) groups is 1. The normalized spacial score (nSPS) is 22.1. The van der Waals surface area contributed by atoms with Gasteiger partial charge in [0.05, 0.1) is 18.3 Å². The highest BCUT2D eigenvalue weighted by Gasteiger charge is 2.40. The monoisotopic (exact) mass is 335 g/mol. The standard InChI is InChI=1S/C15H21N5O2S/c1-3-22-15(23)20-10-5-4-6-13(20)11-8-14(18-16-9(2)21)19-17-12(11)7-10/h8,10,13H,3-7H2,1-2H3,(H,16,21)(H,18,19). The minimum atomic E-state index is -0.179. The number of thiocarbonyl (C=S) groups is 1. The SMILES string of the molecule is CCOC(=S)N1C2CCCC1c1cc(NNC(C)=O)nnc1C2. The zero-order valence-corrected chi connectivity index (χ0v) is 14.2. The van der Waals surface area contributed by atoms with E-state index in [-0.39, 0.29) is 11.9 Å². The number of carbonyl (C=O) groups excluding carboxylic acids is 1. The summed E-state index contributed by atoms with van der Waals surface area (Å²) in [5.41, 5.74) is 7.44. The second-order valence-corrected chi connectivity index (χ2v) is 6.20. The molecule has 3 heterocycles. The lowest BCUT2D eigenvalue weighted by Gasteiger charge is -2.46. The van der Waals surface area contributed by atoms with Crippen molar-refractivity contribution in [2.24, 2.45) is 0 Å². The molecule has 1 amide bonds. The molecule has 0 aliphatic carbocycles. The lowest BCUT2D eigenvalue weighted by Crippen LogP contribution is -2.50. The fourth-order valence-corrected chi connectivity index (χ4v) is 3.77. The summed E-state index contributed by atoms with van der Waals surface area (Å²) in [5.74, 6) is 0.353. The van der Waals surface area contributed by atoms with Crippen LogP contribution in [0.1, 0.15) is 50.4 Å². The second-order valence-electron chi connectivity index (χ2n) is 5.85. The van der Waals surface area contributed by atoms with E-state index in [4.69, 9.17) is 17.0 Å². The van der Waals surface area contributed by atoms with E-state index in [1.807, 2.05) is 13.0 Å². The summed E-state index contributed by atoms with van der Waals surface area (Å²) >= 11 is 5.47. The molecule has 0 radical (unpaired) electrons. The number of aromatic nitrogens is 2. The van der Waals surface area contributed by atoms with E-state index in [9.17, 15) is 4.79 Å². The summed E-state index contributed by atoms with van der Waals surface area (Å²) in [6, 6.07) is 2.46. The Bertz CT molecular complexity index is 624. The van der Waals surface area contributed by atoms with Gasteiger partial charge in [-0.15, -0.1) is 5.10 Å². The molecule has 1 saturated heterocycles. The molecule has 1 aromatic rings. The van der Waals surface area contributed by atoms with Crippen LogP contribution in [0.25, 0.3) is 0 Å². The maximum absolute atomic E-state index is 11.0. The van der Waals surface area contributed by atoms with Crippen LogP contribution in [0.3, 0.4) is 0 Å². The molecule has 0 spiro atoms. The molecule has 7 nitrogen and oxygen atoms in total. The summed E-state index contributed by atoms with van der Waals surface area (Å²) in [4.78, 5) is 13.2. The first-order chi connectivity index (χ1) is 11.1. The van der Waals surface area contributed by atoms with Crippen LogP contribution in [0.2, 0.25) is 0 Å². The van der Waals surface area contributed by atoms with Gasteiger partial charge in [-0.2, -0.15) is 5.10 Å². The average molecular weight is 335 g/mol. The predicted octanol–water partition coefficient (Wildman–Crippen LogP) is 1.71. The predicted molar refractivity (Wildman–Crippen MR) is 89.6 cm³/mol. The number of hydrazine groups is 1. The Morgan fingerprint density at radius 2 is 2.30 bits per heavy atom. The lowest BCUT2D eigenvalue weighted by molar-refractivity contribution is -0.118. The Morgan fingerprint density at radius 3 is 3.04 bits per heavy atom. The van der Waals surface area contributed by atoms with Crippen molar-refractivity contribution in [2.45, 2.75) is 51.6 Å². The summed E-state index contributed by atoms with van der Waals surface area (Å²) in [6.45, 7) is 3.96. The van der Waals surface area contributed by atoms with Crippen LogP contribution in [0.15, 0.2) is 6.07 Å². The van der Waals surface area contributed by atoms with Crippen LogP contribution in [-0.4, -0.2) is 38.8 Å². The van der Waals surface area contributed by atoms with Gasteiger partial charge in [0.25, 0.3) is 5.17 Å². The van der Waals surface area contributed by atoms with Gasteiger partial charge in [0.2, 0.25) is 5.91 Å². The highest BCUT2D eigenvalue weighted by atomic mass is 32.1. The first kappa shape index (κ1) is 15.9. The van der Waals surface area contributed by atoms with Crippen molar-refractivity contribution in [3.8, 4) is 0 Å². The summed E-state index contributed by atoms with van der Waals surface area (Å²) in [7, 11) is 0. The van der Waals surface area contributed by atoms with Gasteiger partial charge in [-0.25, -0.2) is 0 Å². The van der Waals surface area contributed by atoms with Crippen molar-refractivity contribution < 1.29 is 9.53 Å². The van der Waals surface area contributed by atoms with Crippen LogP contribution in [0.4, 0.5) is 5.82 Å². The quantitative estimate of drug-likeness (QED) is 0.643. The molecular formula is C15H21N5O2S. The van der Waals surface area contributed by atoms with Crippen LogP contribution in [-0.2, 0) is 16.0 Å². The summed E-state index contributed by atoms with van der Waals surface area (Å²) in [6.07, 6.45) is 4.10. The molecule has 2 aliphatic heterocycles. The molecule has 8 heteroatoms. The van der Waals surface area contributed by atoms with Crippen LogP contribution in [0.5, 0.6) is 0 Å². The zero-order chi connectivity index (χ0) is 16.4. The largest absolute Gasteiger partial charge is 0.471 e. The Hall–Kier alpha value is -1.96. The van der Waals surface area contributed by atoms with Crippen molar-refractivity contribution in [3.05, 3.63) is 17.3 Å². The van der Waals surface area contributed by atoms with Gasteiger partial charge in [0.1, 0.15) is 0 Å². The third-order valence-corrected chi connectivity index (χ3v) is 4.61. The minimum Gasteiger partial charge on any atom is -0.471 e. The molecule has 2 N–H and O–H groups in total. The maximum Gasteiger partial charge on any atom is 0.260 e. The molecule has 2 aliphatic rings. The molecule has 2 bridgehead atoms. The number of piperidine rings is 1. The number of ether oxygens (including phenoxy) is 1. The highest BCUT2D eigenvalue weighted by molar-refractivity contribution is 7.80. The number of amides is 1. The number of rotatable bonds is 3. The van der Waals surface area contributed by atoms with E-state index in [1.54, 1.807) is 0 Å². The Labute approximate surface area is 140 Å². The lowest BCUT2D eigenvalue weighted by atomic mass is 9.83. The topological polar surface area (TPSA) is 79.4 Å². The average Bonchev–Trinajstić information content (AvgIpc) is 2.53. The van der Waals surface area contributed by atoms with Crippen molar-refractivity contribution in [1.29, 1.82) is 0 Å². The smallest absolute Gasteiger partial charge is 0.260 e. The van der Waals surface area contributed by atoms with Gasteiger partial charge in [-0.05, 0) is 44.5 Å². The minimum absolute atomic E-state index is 0.171. The number of nitrogens with zero attached hydrogens (tertiary/aromatic N) is 3. The van der Waals surface area contributed by atoms with Gasteiger partial charge in [-0.3, -0.25) is 15.6 Å². The second kappa shape index (κ2) is 6.66. The molecule has 3 rings (SSSR count). The number of hydrogen-bond acceptors (Lipinski definition) is 6. The van der Waals surface area contributed by atoms with Gasteiger partial charge in [0.15, 0.2) is 5.82 Å². The molecule has 1 fully saturated rings. The van der Waals surface area contributed by atoms with E-state index in [1.165, 1.54) is 6.92 Å².